The Morgan fingerprint density at radius 3 is 1.98 bits per heavy atom. The van der Waals surface area contributed by atoms with Gasteiger partial charge in [-0.05, 0) is 110 Å². The molecule has 3 aromatic heterocycles. The van der Waals surface area contributed by atoms with Crippen molar-refractivity contribution in [2.24, 2.45) is 0 Å². The lowest BCUT2D eigenvalue weighted by atomic mass is 9.95. The van der Waals surface area contributed by atoms with E-state index in [0.29, 0.717) is 0 Å². The summed E-state index contributed by atoms with van der Waals surface area (Å²) in [6.07, 6.45) is 1.99. The Morgan fingerprint density at radius 1 is 0.467 bits per heavy atom. The van der Waals surface area contributed by atoms with E-state index in [9.17, 15) is 0 Å². The molecule has 1 N–H and O–H groups in total. The summed E-state index contributed by atoms with van der Waals surface area (Å²) < 4.78 is 4.55. The molecule has 280 valence electrons. The molecule has 0 aliphatic carbocycles. The van der Waals surface area contributed by atoms with E-state index in [1.54, 1.807) is 0 Å². The van der Waals surface area contributed by atoms with Crippen molar-refractivity contribution >= 4 is 54.4 Å². The first kappa shape index (κ1) is 33.9. The van der Waals surface area contributed by atoms with Gasteiger partial charge in [0.1, 0.15) is 11.5 Å². The Hall–Kier alpha value is -8.15. The Labute approximate surface area is 346 Å². The second kappa shape index (κ2) is 13.8. The molecule has 9 aromatic carbocycles. The third kappa shape index (κ3) is 5.67. The highest BCUT2D eigenvalue weighted by molar-refractivity contribution is 5.99. The van der Waals surface area contributed by atoms with Crippen LogP contribution < -0.4 is 4.57 Å². The highest BCUT2D eigenvalue weighted by Crippen LogP contribution is 2.35. The summed E-state index contributed by atoms with van der Waals surface area (Å²) in [6, 6.07) is 73.4. The molecule has 60 heavy (non-hydrogen) atoms. The normalized spacial score (nSPS) is 11.7. The van der Waals surface area contributed by atoms with Crippen molar-refractivity contribution in [3.05, 3.63) is 212 Å². The summed E-state index contributed by atoms with van der Waals surface area (Å²) >= 11 is 0. The highest BCUT2D eigenvalue weighted by Gasteiger charge is 2.23. The van der Waals surface area contributed by atoms with Crippen LogP contribution in [0.15, 0.2) is 212 Å². The lowest BCUT2D eigenvalue weighted by Gasteiger charge is -2.12. The molecule has 0 atom stereocenters. The van der Waals surface area contributed by atoms with Gasteiger partial charge in [-0.15, -0.1) is 0 Å². The van der Waals surface area contributed by atoms with Crippen LogP contribution in [0, 0.1) is 0 Å². The number of hydrogen-bond donors (Lipinski definition) is 1. The number of benzene rings is 9. The van der Waals surface area contributed by atoms with Gasteiger partial charge in [0.15, 0.2) is 16.7 Å². The zero-order valence-corrected chi connectivity index (χ0v) is 32.5. The average Bonchev–Trinajstić information content (AvgIpc) is 3.91. The van der Waals surface area contributed by atoms with Gasteiger partial charge in [0.05, 0.1) is 11.0 Å². The fraction of sp³-hybridized carbons (Fsp3) is 0. The molecular formula is C55H36N5+. The first-order valence-electron chi connectivity index (χ1n) is 20.3. The second-order valence-corrected chi connectivity index (χ2v) is 15.4. The van der Waals surface area contributed by atoms with E-state index >= 15 is 0 Å². The molecule has 0 aliphatic heterocycles. The Morgan fingerprint density at radius 2 is 1.15 bits per heavy atom. The number of imidazole rings is 2. The molecule has 12 aromatic rings. The van der Waals surface area contributed by atoms with Crippen molar-refractivity contribution in [1.29, 1.82) is 0 Å². The number of hydrogen-bond acceptors (Lipinski definition) is 2. The monoisotopic (exact) mass is 766 g/mol. The predicted octanol–water partition coefficient (Wildman–Crippen LogP) is 13.3. The van der Waals surface area contributed by atoms with Gasteiger partial charge in [-0.25, -0.2) is 15.0 Å². The number of nitrogens with one attached hydrogen (secondary N) is 1. The Balaban J connectivity index is 0.870. The highest BCUT2D eigenvalue weighted by atomic mass is 15.1. The van der Waals surface area contributed by atoms with Crippen LogP contribution in [-0.2, 0) is 0 Å². The van der Waals surface area contributed by atoms with Gasteiger partial charge in [-0.3, -0.25) is 4.57 Å². The van der Waals surface area contributed by atoms with Gasteiger partial charge in [-0.2, -0.15) is 4.57 Å². The van der Waals surface area contributed by atoms with E-state index in [1.807, 2.05) is 6.20 Å². The van der Waals surface area contributed by atoms with Crippen LogP contribution in [0.3, 0.4) is 0 Å². The molecular weight excluding hydrogens is 731 g/mol. The topological polar surface area (TPSA) is 50.4 Å². The van der Waals surface area contributed by atoms with E-state index in [2.05, 4.69) is 220 Å². The van der Waals surface area contributed by atoms with Crippen molar-refractivity contribution in [2.45, 2.75) is 0 Å². The SMILES string of the molecule is c1ccc2cc(-n3c(-c4ccc(-c5cccc6cc(-c7ccc(-c8[nH]c9ccccc9[n+]8-c8ccc9ccccc9c8)nc7)ccc56)cc4)nc4ccccc43)ccc2c1. The fourth-order valence-electron chi connectivity index (χ4n) is 8.86. The maximum Gasteiger partial charge on any atom is 0.311 e. The van der Waals surface area contributed by atoms with Gasteiger partial charge in [0, 0.05) is 23.0 Å². The van der Waals surface area contributed by atoms with Crippen LogP contribution in [0.4, 0.5) is 0 Å². The summed E-state index contributed by atoms with van der Waals surface area (Å²) in [5.74, 6) is 1.87. The molecule has 3 heterocycles. The van der Waals surface area contributed by atoms with Crippen molar-refractivity contribution in [2.75, 3.05) is 0 Å². The van der Waals surface area contributed by atoms with E-state index in [-0.39, 0.29) is 0 Å². The van der Waals surface area contributed by atoms with E-state index in [4.69, 9.17) is 9.97 Å². The Kier molecular flexibility index (Phi) is 7.78. The minimum Gasteiger partial charge on any atom is -0.292 e. The van der Waals surface area contributed by atoms with E-state index in [1.165, 1.54) is 37.9 Å². The smallest absolute Gasteiger partial charge is 0.292 e. The zero-order chi connectivity index (χ0) is 39.6. The first-order valence-corrected chi connectivity index (χ1v) is 20.3. The van der Waals surface area contributed by atoms with Crippen molar-refractivity contribution in [3.8, 4) is 56.5 Å². The molecule has 5 nitrogen and oxygen atoms in total. The van der Waals surface area contributed by atoms with E-state index in [0.717, 1.165) is 73.0 Å². The standard InChI is InChI=1S/C55H35N5/c1-3-12-40-33-45(28-24-36(40)10-1)59-52-18-7-5-16-49(52)57-54(59)39-22-20-38(21-23-39)47-15-9-14-43-32-42(26-30-48(43)47)44-27-31-51(56-35-44)55-58-50-17-6-8-19-53(50)60(55)46-29-25-37-11-2-4-13-41(37)34-46/h1-35H/p+1. The van der Waals surface area contributed by atoms with Gasteiger partial charge < -0.3 is 0 Å². The summed E-state index contributed by atoms with van der Waals surface area (Å²) in [7, 11) is 0. The number of aromatic nitrogens is 5. The molecule has 0 unspecified atom stereocenters. The summed E-state index contributed by atoms with van der Waals surface area (Å²) in [4.78, 5) is 13.8. The van der Waals surface area contributed by atoms with Crippen molar-refractivity contribution in [3.63, 3.8) is 0 Å². The third-order valence-electron chi connectivity index (χ3n) is 11.8. The van der Waals surface area contributed by atoms with Crippen LogP contribution in [-0.4, -0.2) is 19.5 Å². The molecule has 0 amide bonds. The molecule has 0 radical (unpaired) electrons. The van der Waals surface area contributed by atoms with Gasteiger partial charge in [0.2, 0.25) is 0 Å². The second-order valence-electron chi connectivity index (χ2n) is 15.4. The minimum absolute atomic E-state index is 0.877. The van der Waals surface area contributed by atoms with Crippen molar-refractivity contribution < 1.29 is 4.57 Å². The van der Waals surface area contributed by atoms with Crippen LogP contribution in [0.1, 0.15) is 0 Å². The van der Waals surface area contributed by atoms with Crippen LogP contribution in [0.2, 0.25) is 0 Å². The van der Waals surface area contributed by atoms with Crippen LogP contribution in [0.5, 0.6) is 0 Å². The molecule has 12 rings (SSSR count). The number of para-hydroxylation sites is 4. The minimum atomic E-state index is 0.877. The maximum absolute atomic E-state index is 5.15. The lowest BCUT2D eigenvalue weighted by molar-refractivity contribution is -0.554. The Bertz CT molecular complexity index is 3600. The van der Waals surface area contributed by atoms with Gasteiger partial charge >= 0.3 is 5.82 Å². The molecule has 0 aliphatic rings. The summed E-state index contributed by atoms with van der Waals surface area (Å²) in [5.41, 5.74) is 12.9. The van der Waals surface area contributed by atoms with Crippen molar-refractivity contribution in [1.82, 2.24) is 19.5 Å². The molecule has 0 saturated carbocycles. The number of fused-ring (bicyclic) bond motifs is 5. The molecule has 0 saturated heterocycles. The van der Waals surface area contributed by atoms with Gasteiger partial charge in [0.25, 0.3) is 0 Å². The fourth-order valence-corrected chi connectivity index (χ4v) is 8.86. The summed E-state index contributed by atoms with van der Waals surface area (Å²) in [5, 5.41) is 7.24. The van der Waals surface area contributed by atoms with E-state index < -0.39 is 0 Å². The number of rotatable bonds is 6. The zero-order valence-electron chi connectivity index (χ0n) is 32.5. The number of nitrogens with zero attached hydrogens (tertiary/aromatic N) is 4. The summed E-state index contributed by atoms with van der Waals surface area (Å²) in [6.45, 7) is 0. The lowest BCUT2D eigenvalue weighted by Crippen LogP contribution is -2.32. The van der Waals surface area contributed by atoms with Crippen LogP contribution in [0.25, 0.3) is 111 Å². The first-order chi connectivity index (χ1) is 29.7. The maximum atomic E-state index is 5.15. The van der Waals surface area contributed by atoms with Gasteiger partial charge in [-0.1, -0.05) is 146 Å². The number of aromatic amines is 1. The average molecular weight is 767 g/mol. The molecule has 5 heteroatoms. The quantitative estimate of drug-likeness (QED) is 0.171. The molecule has 0 bridgehead atoms. The predicted molar refractivity (Wildman–Crippen MR) is 247 cm³/mol. The van der Waals surface area contributed by atoms with Crippen LogP contribution >= 0.6 is 0 Å². The molecule has 0 spiro atoms. The third-order valence-corrected chi connectivity index (χ3v) is 11.8. The largest absolute Gasteiger partial charge is 0.311 e. The number of H-pyrrole nitrogens is 1. The molecule has 0 fully saturated rings. The number of pyridine rings is 1.